The lowest BCUT2D eigenvalue weighted by Gasteiger charge is -2.15. The van der Waals surface area contributed by atoms with Crippen LogP contribution in [-0.4, -0.2) is 0 Å². The maximum atomic E-state index is 6.13. The zero-order valence-corrected chi connectivity index (χ0v) is 14.8. The molecule has 1 heterocycles. The van der Waals surface area contributed by atoms with E-state index >= 15 is 0 Å². The molecular weight excluding hydrogens is 292 g/mol. The third kappa shape index (κ3) is 2.66. The zero-order chi connectivity index (χ0) is 16.5. The number of fused-ring (bicyclic) bond motifs is 5. The summed E-state index contributed by atoms with van der Waals surface area (Å²) >= 11 is 0. The molecule has 3 aromatic rings. The largest absolute Gasteiger partial charge is 0.456 e. The van der Waals surface area contributed by atoms with Gasteiger partial charge in [-0.2, -0.15) is 0 Å². The lowest BCUT2D eigenvalue weighted by atomic mass is 9.91. The Kier molecular flexibility index (Phi) is 4.18. The molecule has 0 radical (unpaired) electrons. The van der Waals surface area contributed by atoms with Crippen molar-refractivity contribution in [3.05, 3.63) is 59.2 Å². The summed E-state index contributed by atoms with van der Waals surface area (Å²) in [5.41, 5.74) is 6.62. The van der Waals surface area contributed by atoms with Crippen molar-refractivity contribution in [1.82, 2.24) is 0 Å². The van der Waals surface area contributed by atoms with E-state index in [1.54, 1.807) is 0 Å². The van der Waals surface area contributed by atoms with Crippen molar-refractivity contribution in [2.45, 2.75) is 52.4 Å². The van der Waals surface area contributed by atoms with Crippen molar-refractivity contribution >= 4 is 11.0 Å². The van der Waals surface area contributed by atoms with Gasteiger partial charge in [-0.3, -0.25) is 0 Å². The van der Waals surface area contributed by atoms with Crippen LogP contribution in [0.4, 0.5) is 0 Å². The SMILES string of the molecule is CCCCC(CC)Cc1ccc2c(c1)Cc1c-2oc2ccccc12. The maximum Gasteiger partial charge on any atom is 0.139 e. The van der Waals surface area contributed by atoms with E-state index in [2.05, 4.69) is 50.2 Å². The van der Waals surface area contributed by atoms with Gasteiger partial charge >= 0.3 is 0 Å². The quantitative estimate of drug-likeness (QED) is 0.382. The van der Waals surface area contributed by atoms with Gasteiger partial charge in [0.25, 0.3) is 0 Å². The Labute approximate surface area is 144 Å². The molecule has 1 heteroatoms. The molecule has 1 atom stereocenters. The molecule has 2 aromatic carbocycles. The van der Waals surface area contributed by atoms with Gasteiger partial charge in [0.15, 0.2) is 0 Å². The fourth-order valence-corrected chi connectivity index (χ4v) is 4.10. The molecule has 0 N–H and O–H groups in total. The van der Waals surface area contributed by atoms with Crippen LogP contribution < -0.4 is 0 Å². The second-order valence-electron chi connectivity index (χ2n) is 7.19. The smallest absolute Gasteiger partial charge is 0.139 e. The molecule has 0 spiro atoms. The minimum absolute atomic E-state index is 0.821. The molecule has 4 rings (SSSR count). The summed E-state index contributed by atoms with van der Waals surface area (Å²) in [5, 5.41) is 1.28. The molecule has 1 aliphatic carbocycles. The van der Waals surface area contributed by atoms with E-state index in [1.165, 1.54) is 59.7 Å². The predicted octanol–water partition coefficient (Wildman–Crippen LogP) is 6.76. The number of unbranched alkanes of at least 4 members (excludes halogenated alkanes) is 1. The highest BCUT2D eigenvalue weighted by Gasteiger charge is 2.25. The Bertz CT molecular complexity index is 856. The van der Waals surface area contributed by atoms with Crippen molar-refractivity contribution in [3.8, 4) is 11.3 Å². The average Bonchev–Trinajstić information content (AvgIpc) is 3.14. The lowest BCUT2D eigenvalue weighted by Crippen LogP contribution is -2.03. The highest BCUT2D eigenvalue weighted by Crippen LogP contribution is 2.43. The van der Waals surface area contributed by atoms with Crippen LogP contribution in [0.5, 0.6) is 0 Å². The van der Waals surface area contributed by atoms with Gasteiger partial charge in [-0.15, -0.1) is 0 Å². The fraction of sp³-hybridized carbons (Fsp3) is 0.391. The number of hydrogen-bond acceptors (Lipinski definition) is 1. The first-order chi connectivity index (χ1) is 11.8. The van der Waals surface area contributed by atoms with E-state index in [-0.39, 0.29) is 0 Å². The van der Waals surface area contributed by atoms with Gasteiger partial charge < -0.3 is 4.42 Å². The topological polar surface area (TPSA) is 13.1 Å². The van der Waals surface area contributed by atoms with Crippen molar-refractivity contribution in [1.29, 1.82) is 0 Å². The van der Waals surface area contributed by atoms with Crippen LogP contribution in [0.25, 0.3) is 22.3 Å². The Balaban J connectivity index is 1.61. The van der Waals surface area contributed by atoms with E-state index in [4.69, 9.17) is 4.42 Å². The summed E-state index contributed by atoms with van der Waals surface area (Å²) in [6.07, 6.45) is 7.52. The standard InChI is InChI=1S/C23H26O/c1-3-5-8-16(4-2)13-17-11-12-19-18(14-17)15-21-20-9-6-7-10-22(20)24-23(19)21/h6-7,9-12,14,16H,3-5,8,13,15H2,1-2H3. The molecule has 0 fully saturated rings. The fourth-order valence-electron chi connectivity index (χ4n) is 4.10. The van der Waals surface area contributed by atoms with Gasteiger partial charge in [0.2, 0.25) is 0 Å². The first-order valence-corrected chi connectivity index (χ1v) is 9.42. The van der Waals surface area contributed by atoms with Crippen LogP contribution in [0.1, 0.15) is 56.2 Å². The van der Waals surface area contributed by atoms with Crippen LogP contribution in [-0.2, 0) is 12.8 Å². The summed E-state index contributed by atoms with van der Waals surface area (Å²) in [6, 6.07) is 15.4. The average molecular weight is 318 g/mol. The Morgan fingerprint density at radius 2 is 1.96 bits per heavy atom. The minimum Gasteiger partial charge on any atom is -0.456 e. The third-order valence-corrected chi connectivity index (χ3v) is 5.55. The summed E-state index contributed by atoms with van der Waals surface area (Å²) < 4.78 is 6.13. The zero-order valence-electron chi connectivity index (χ0n) is 14.8. The molecule has 1 aromatic heterocycles. The van der Waals surface area contributed by atoms with Gasteiger partial charge in [0.1, 0.15) is 11.3 Å². The molecule has 124 valence electrons. The molecule has 0 amide bonds. The van der Waals surface area contributed by atoms with Crippen LogP contribution in [0.3, 0.4) is 0 Å². The summed E-state index contributed by atoms with van der Waals surface area (Å²) in [6.45, 7) is 4.61. The first kappa shape index (κ1) is 15.5. The van der Waals surface area contributed by atoms with Gasteiger partial charge in [-0.25, -0.2) is 0 Å². The molecule has 0 saturated heterocycles. The number of furan rings is 1. The van der Waals surface area contributed by atoms with Crippen molar-refractivity contribution < 1.29 is 4.42 Å². The highest BCUT2D eigenvalue weighted by molar-refractivity contribution is 5.91. The van der Waals surface area contributed by atoms with Crippen LogP contribution >= 0.6 is 0 Å². The van der Waals surface area contributed by atoms with Crippen LogP contribution in [0, 0.1) is 5.92 Å². The van der Waals surface area contributed by atoms with E-state index in [0.717, 1.165) is 23.7 Å². The van der Waals surface area contributed by atoms with E-state index < -0.39 is 0 Å². The Hall–Kier alpha value is -2.02. The normalized spacial score (nSPS) is 13.9. The highest BCUT2D eigenvalue weighted by atomic mass is 16.3. The minimum atomic E-state index is 0.821. The third-order valence-electron chi connectivity index (χ3n) is 5.55. The maximum absolute atomic E-state index is 6.13. The molecule has 1 aliphatic rings. The van der Waals surface area contributed by atoms with Crippen molar-refractivity contribution in [2.24, 2.45) is 5.92 Å². The Morgan fingerprint density at radius 1 is 1.08 bits per heavy atom. The molecule has 0 bridgehead atoms. The van der Waals surface area contributed by atoms with Crippen molar-refractivity contribution in [3.63, 3.8) is 0 Å². The second kappa shape index (κ2) is 6.47. The predicted molar refractivity (Wildman–Crippen MR) is 101 cm³/mol. The molecule has 1 nitrogen and oxygen atoms in total. The van der Waals surface area contributed by atoms with Gasteiger partial charge in [0.05, 0.1) is 0 Å². The van der Waals surface area contributed by atoms with Crippen LogP contribution in [0.2, 0.25) is 0 Å². The molecule has 24 heavy (non-hydrogen) atoms. The molecule has 0 aliphatic heterocycles. The molecule has 1 unspecified atom stereocenters. The number of rotatable bonds is 6. The van der Waals surface area contributed by atoms with Crippen LogP contribution in [0.15, 0.2) is 46.9 Å². The summed E-state index contributed by atoms with van der Waals surface area (Å²) in [7, 11) is 0. The number of hydrogen-bond donors (Lipinski definition) is 0. The lowest BCUT2D eigenvalue weighted by molar-refractivity contribution is 0.449. The van der Waals surface area contributed by atoms with E-state index in [1.807, 2.05) is 6.07 Å². The van der Waals surface area contributed by atoms with Crippen molar-refractivity contribution in [2.75, 3.05) is 0 Å². The van der Waals surface area contributed by atoms with E-state index in [9.17, 15) is 0 Å². The Morgan fingerprint density at radius 3 is 2.79 bits per heavy atom. The number of para-hydroxylation sites is 1. The van der Waals surface area contributed by atoms with E-state index in [0.29, 0.717) is 0 Å². The van der Waals surface area contributed by atoms with Gasteiger partial charge in [-0.05, 0) is 29.5 Å². The monoisotopic (exact) mass is 318 g/mol. The molecule has 0 saturated carbocycles. The number of benzene rings is 2. The van der Waals surface area contributed by atoms with Gasteiger partial charge in [-0.1, -0.05) is 75.9 Å². The summed E-state index contributed by atoms with van der Waals surface area (Å²) in [5.74, 6) is 1.91. The van der Waals surface area contributed by atoms with Gasteiger partial charge in [0, 0.05) is 22.9 Å². The summed E-state index contributed by atoms with van der Waals surface area (Å²) in [4.78, 5) is 0. The second-order valence-corrected chi connectivity index (χ2v) is 7.19. The first-order valence-electron chi connectivity index (χ1n) is 9.42. The molecular formula is C23H26O.